The summed E-state index contributed by atoms with van der Waals surface area (Å²) >= 11 is 0. The quantitative estimate of drug-likeness (QED) is 0.504. The molecule has 8 heavy (non-hydrogen) atoms. The molecular weight excluding hydrogens is 179 g/mol. The second kappa shape index (κ2) is 5.45. The molecule has 0 aromatic heterocycles. The van der Waals surface area contributed by atoms with E-state index in [1.807, 2.05) is 0 Å². The molecule has 2 nitrogen and oxygen atoms in total. The second-order valence-electron chi connectivity index (χ2n) is 1.44. The van der Waals surface area contributed by atoms with Gasteiger partial charge in [0.05, 0.1) is 0 Å². The Hall–Kier alpha value is 0.314. The number of Topliss-reactive ketones (excluding diaryl/α,β-unsaturated/α-hetero) is 1. The van der Waals surface area contributed by atoms with E-state index in [0.29, 0.717) is 5.71 Å². The van der Waals surface area contributed by atoms with Crippen LogP contribution in [0.5, 0.6) is 0 Å². The first-order chi connectivity index (χ1) is 3.13. The fourth-order valence-corrected chi connectivity index (χ4v) is 0.305. The molecule has 0 spiro atoms. The van der Waals surface area contributed by atoms with E-state index in [4.69, 9.17) is 5.41 Å². The van der Waals surface area contributed by atoms with Crippen LogP contribution in [0.4, 0.5) is 0 Å². The molecule has 0 saturated carbocycles. The Morgan fingerprint density at radius 3 is 1.88 bits per heavy atom. The molecule has 43 valence electrons. The van der Waals surface area contributed by atoms with E-state index >= 15 is 0 Å². The van der Waals surface area contributed by atoms with Crippen molar-refractivity contribution in [1.29, 1.82) is 5.41 Å². The first kappa shape index (κ1) is 11.2. The van der Waals surface area contributed by atoms with Crippen molar-refractivity contribution in [3.8, 4) is 0 Å². The predicted molar refractivity (Wildman–Crippen MR) is 28.4 cm³/mol. The first-order valence-electron chi connectivity index (χ1n) is 2.03. The van der Waals surface area contributed by atoms with Gasteiger partial charge >= 0.3 is 0 Å². The molecule has 0 heterocycles. The molecule has 0 aliphatic heterocycles. The number of ketones is 1. The van der Waals surface area contributed by atoms with Crippen LogP contribution in [0.1, 0.15) is 13.8 Å². The van der Waals surface area contributed by atoms with E-state index in [-0.39, 0.29) is 38.5 Å². The smallest absolute Gasteiger partial charge is 0.000679 e. The summed E-state index contributed by atoms with van der Waals surface area (Å²) in [5.74, 6) is -0.0625. The van der Waals surface area contributed by atoms with Gasteiger partial charge in [-0.2, -0.15) is 0 Å². The van der Waals surface area contributed by atoms with Crippen LogP contribution in [0.25, 0.3) is 0 Å². The Labute approximate surface area is 74.4 Å². The molecule has 0 bridgehead atoms. The number of nitrogens with one attached hydrogen (secondary N) is 1. The minimum Gasteiger partial charge on any atom is -0.341 e. The summed E-state index contributed by atoms with van der Waals surface area (Å²) in [7, 11) is 0. The molecule has 0 amide bonds. The molecule has 0 unspecified atom stereocenters. The molecule has 0 aliphatic rings. The zero-order chi connectivity index (χ0) is 5.86. The van der Waals surface area contributed by atoms with Gasteiger partial charge in [-0.3, -0.25) is 6.42 Å². The number of rotatable bonds is 2. The summed E-state index contributed by atoms with van der Waals surface area (Å²) in [4.78, 5) is 10.1. The minimum atomic E-state index is -0.0625. The summed E-state index contributed by atoms with van der Waals surface area (Å²) in [6.45, 7) is 3.00. The van der Waals surface area contributed by atoms with Crippen LogP contribution >= 0.6 is 0 Å². The largest absolute Gasteiger partial charge is 0.341 e. The summed E-state index contributed by atoms with van der Waals surface area (Å²) in [5.41, 5.74) is 0.313. The first-order valence-corrected chi connectivity index (χ1v) is 2.03. The number of carbonyl (C=O) groups excluding carboxylic acids is 1. The van der Waals surface area contributed by atoms with E-state index in [9.17, 15) is 4.79 Å². The Kier molecular flexibility index (Phi) is 7.60. The maximum absolute atomic E-state index is 10.1. The van der Waals surface area contributed by atoms with Crippen molar-refractivity contribution in [3.63, 3.8) is 0 Å². The van der Waals surface area contributed by atoms with Crippen LogP contribution < -0.4 is 0 Å². The van der Waals surface area contributed by atoms with Gasteiger partial charge in [0.15, 0.2) is 0 Å². The van der Waals surface area contributed by atoms with Crippen LogP contribution in [-0.2, 0) is 37.5 Å². The van der Waals surface area contributed by atoms with Gasteiger partial charge in [-0.25, -0.2) is 0 Å². The Balaban J connectivity index is 0. The van der Waals surface area contributed by atoms with Gasteiger partial charge in [-0.05, 0) is 6.92 Å². The normalized spacial score (nSPS) is 6.75. The van der Waals surface area contributed by atoms with Gasteiger partial charge in [0, 0.05) is 38.5 Å². The predicted octanol–water partition coefficient (Wildman–Crippen LogP) is 0.817. The van der Waals surface area contributed by atoms with Crippen molar-refractivity contribution in [3.05, 3.63) is 6.42 Å². The van der Waals surface area contributed by atoms with Gasteiger partial charge in [0.25, 0.3) is 0 Å². The average molecular weight is 187 g/mol. The van der Waals surface area contributed by atoms with Crippen LogP contribution in [0.3, 0.4) is 0 Å². The van der Waals surface area contributed by atoms with E-state index in [1.54, 1.807) is 6.92 Å². The molecular formula is C5H8NOY-. The zero-order valence-electron chi connectivity index (χ0n) is 5.06. The fourth-order valence-electron chi connectivity index (χ4n) is 0.305. The van der Waals surface area contributed by atoms with Gasteiger partial charge in [-0.15, -0.1) is 5.71 Å². The summed E-state index contributed by atoms with van der Waals surface area (Å²) < 4.78 is 0. The van der Waals surface area contributed by atoms with Crippen molar-refractivity contribution in [2.24, 2.45) is 0 Å². The summed E-state index contributed by atoms with van der Waals surface area (Å²) in [6.07, 6.45) is 1.28. The molecule has 0 fully saturated rings. The van der Waals surface area contributed by atoms with Crippen molar-refractivity contribution in [1.82, 2.24) is 0 Å². The Bertz CT molecular complexity index is 88.6. The Morgan fingerprint density at radius 2 is 1.88 bits per heavy atom. The van der Waals surface area contributed by atoms with E-state index in [2.05, 4.69) is 0 Å². The second-order valence-corrected chi connectivity index (χ2v) is 1.44. The van der Waals surface area contributed by atoms with Crippen LogP contribution in [0.15, 0.2) is 0 Å². The molecule has 0 aromatic carbocycles. The van der Waals surface area contributed by atoms with Crippen molar-refractivity contribution in [2.75, 3.05) is 0 Å². The number of hydrogen-bond donors (Lipinski definition) is 1. The molecule has 0 atom stereocenters. The van der Waals surface area contributed by atoms with Crippen LogP contribution in [-0.4, -0.2) is 11.5 Å². The van der Waals surface area contributed by atoms with Crippen LogP contribution in [0, 0.1) is 11.8 Å². The van der Waals surface area contributed by atoms with Crippen molar-refractivity contribution >= 4 is 11.5 Å². The third-order valence-electron chi connectivity index (χ3n) is 0.420. The average Bonchev–Trinajstić information content (AvgIpc) is 1.27. The van der Waals surface area contributed by atoms with Gasteiger partial charge in [0.1, 0.15) is 0 Å². The van der Waals surface area contributed by atoms with Gasteiger partial charge in [0.2, 0.25) is 0 Å². The van der Waals surface area contributed by atoms with E-state index in [0.717, 1.165) is 0 Å². The van der Waals surface area contributed by atoms with Gasteiger partial charge < -0.3 is 10.2 Å². The standard InChI is InChI=1S/C5H8NO.Y/c1-4(6)3-5(2)7;/h3,6H,1-2H3;/q-1;. The zero-order valence-corrected chi connectivity index (χ0v) is 7.90. The summed E-state index contributed by atoms with van der Waals surface area (Å²) in [5, 5.41) is 6.75. The summed E-state index contributed by atoms with van der Waals surface area (Å²) in [6, 6.07) is 0. The Morgan fingerprint density at radius 1 is 1.50 bits per heavy atom. The molecule has 3 heteroatoms. The van der Waals surface area contributed by atoms with Crippen molar-refractivity contribution < 1.29 is 37.5 Å². The molecule has 0 rings (SSSR count). The molecule has 0 aliphatic carbocycles. The molecule has 1 radical (unpaired) electrons. The SMILES string of the molecule is CC(=N)[CH-]C(C)=O.[Y]. The molecule has 0 aromatic rings. The third-order valence-corrected chi connectivity index (χ3v) is 0.420. The maximum Gasteiger partial charge on any atom is 0.000679 e. The van der Waals surface area contributed by atoms with Crippen LogP contribution in [0.2, 0.25) is 0 Å². The van der Waals surface area contributed by atoms with Gasteiger partial charge in [-0.1, -0.05) is 6.92 Å². The fraction of sp³-hybridized carbons (Fsp3) is 0.400. The molecule has 0 saturated heterocycles. The number of carbonyl (C=O) groups is 1. The monoisotopic (exact) mass is 187 g/mol. The third kappa shape index (κ3) is 9.58. The van der Waals surface area contributed by atoms with E-state index in [1.165, 1.54) is 13.3 Å². The topological polar surface area (TPSA) is 40.9 Å². The number of hydrogen-bond acceptors (Lipinski definition) is 2. The van der Waals surface area contributed by atoms with Crippen molar-refractivity contribution in [2.45, 2.75) is 13.8 Å². The molecule has 1 N–H and O–H groups in total. The minimum absolute atomic E-state index is 0. The maximum atomic E-state index is 10.1. The van der Waals surface area contributed by atoms with E-state index < -0.39 is 0 Å².